The Morgan fingerprint density at radius 1 is 1.16 bits per heavy atom. The first-order valence-corrected chi connectivity index (χ1v) is 6.33. The average molecular weight is 326 g/mol. The van der Waals surface area contributed by atoms with E-state index in [9.17, 15) is 13.6 Å². The second-order valence-corrected chi connectivity index (χ2v) is 4.89. The van der Waals surface area contributed by atoms with E-state index in [4.69, 9.17) is 0 Å². The summed E-state index contributed by atoms with van der Waals surface area (Å²) in [6.45, 7) is 0. The first kappa shape index (κ1) is 13.7. The minimum absolute atomic E-state index is 0.140. The third-order valence-electron chi connectivity index (χ3n) is 2.47. The zero-order valence-corrected chi connectivity index (χ0v) is 11.4. The van der Waals surface area contributed by atoms with E-state index in [1.807, 2.05) is 6.07 Å². The van der Waals surface area contributed by atoms with E-state index in [1.165, 1.54) is 6.07 Å². The molecular weight excluding hydrogens is 316 g/mol. The Balaban J connectivity index is 2.05. The maximum Gasteiger partial charge on any atom is 0.228 e. The third kappa shape index (κ3) is 3.86. The average Bonchev–Trinajstić information content (AvgIpc) is 2.33. The van der Waals surface area contributed by atoms with Crippen LogP contribution in [0.1, 0.15) is 5.56 Å². The summed E-state index contributed by atoms with van der Waals surface area (Å²) in [7, 11) is 0. The summed E-state index contributed by atoms with van der Waals surface area (Å²) in [5, 5.41) is 2.64. The number of halogens is 3. The highest BCUT2D eigenvalue weighted by Gasteiger charge is 2.09. The van der Waals surface area contributed by atoms with Gasteiger partial charge in [0.25, 0.3) is 0 Å². The largest absolute Gasteiger partial charge is 0.326 e. The van der Waals surface area contributed by atoms with Crippen molar-refractivity contribution in [1.82, 2.24) is 0 Å². The maximum absolute atomic E-state index is 13.4. The molecule has 19 heavy (non-hydrogen) atoms. The Bertz CT molecular complexity index is 616. The summed E-state index contributed by atoms with van der Waals surface area (Å²) in [4.78, 5) is 11.7. The van der Waals surface area contributed by atoms with E-state index in [1.54, 1.807) is 18.2 Å². The van der Waals surface area contributed by atoms with Crippen LogP contribution < -0.4 is 5.32 Å². The predicted octanol–water partition coefficient (Wildman–Crippen LogP) is 3.91. The van der Waals surface area contributed by atoms with Crippen molar-refractivity contribution in [3.8, 4) is 0 Å². The Morgan fingerprint density at radius 3 is 2.63 bits per heavy atom. The van der Waals surface area contributed by atoms with Gasteiger partial charge in [0.1, 0.15) is 11.6 Å². The SMILES string of the molecule is O=C(Cc1ccc(F)cc1F)Nc1cccc(Br)c1. The van der Waals surface area contributed by atoms with E-state index in [0.29, 0.717) is 5.69 Å². The van der Waals surface area contributed by atoms with Gasteiger partial charge in [-0.1, -0.05) is 28.1 Å². The normalized spacial score (nSPS) is 10.3. The maximum atomic E-state index is 13.4. The van der Waals surface area contributed by atoms with Crippen LogP contribution in [-0.2, 0) is 11.2 Å². The van der Waals surface area contributed by atoms with Crippen molar-refractivity contribution in [2.45, 2.75) is 6.42 Å². The van der Waals surface area contributed by atoms with Gasteiger partial charge in [-0.3, -0.25) is 4.79 Å². The Labute approximate surface area is 117 Å². The van der Waals surface area contributed by atoms with Crippen LogP contribution in [0.15, 0.2) is 46.9 Å². The summed E-state index contributed by atoms with van der Waals surface area (Å²) in [6.07, 6.45) is -0.140. The zero-order chi connectivity index (χ0) is 13.8. The highest BCUT2D eigenvalue weighted by atomic mass is 79.9. The van der Waals surface area contributed by atoms with Gasteiger partial charge in [-0.25, -0.2) is 8.78 Å². The van der Waals surface area contributed by atoms with Crippen LogP contribution in [0.5, 0.6) is 0 Å². The predicted molar refractivity (Wildman–Crippen MR) is 72.8 cm³/mol. The van der Waals surface area contributed by atoms with E-state index in [0.717, 1.165) is 16.6 Å². The van der Waals surface area contributed by atoms with Crippen molar-refractivity contribution in [1.29, 1.82) is 0 Å². The first-order chi connectivity index (χ1) is 9.04. The van der Waals surface area contributed by atoms with Crippen LogP contribution >= 0.6 is 15.9 Å². The second-order valence-electron chi connectivity index (χ2n) is 3.97. The van der Waals surface area contributed by atoms with Gasteiger partial charge in [-0.05, 0) is 29.8 Å². The molecule has 2 aromatic carbocycles. The molecule has 0 radical (unpaired) electrons. The lowest BCUT2D eigenvalue weighted by Crippen LogP contribution is -2.15. The molecule has 2 nitrogen and oxygen atoms in total. The molecule has 5 heteroatoms. The van der Waals surface area contributed by atoms with E-state index in [-0.39, 0.29) is 17.9 Å². The summed E-state index contributed by atoms with van der Waals surface area (Å²) in [6, 6.07) is 10.2. The van der Waals surface area contributed by atoms with Crippen molar-refractivity contribution in [3.05, 3.63) is 64.1 Å². The Morgan fingerprint density at radius 2 is 1.95 bits per heavy atom. The molecule has 1 N–H and O–H groups in total. The lowest BCUT2D eigenvalue weighted by atomic mass is 10.1. The molecule has 0 saturated carbocycles. The number of rotatable bonds is 3. The summed E-state index contributed by atoms with van der Waals surface area (Å²) in [5.74, 6) is -1.73. The van der Waals surface area contributed by atoms with Gasteiger partial charge < -0.3 is 5.32 Å². The van der Waals surface area contributed by atoms with Gasteiger partial charge in [0.2, 0.25) is 5.91 Å². The molecule has 0 saturated heterocycles. The fourth-order valence-corrected chi connectivity index (χ4v) is 2.01. The molecule has 0 unspecified atom stereocenters. The lowest BCUT2D eigenvalue weighted by molar-refractivity contribution is -0.115. The van der Waals surface area contributed by atoms with Crippen LogP contribution in [0.25, 0.3) is 0 Å². The molecule has 0 aliphatic carbocycles. The number of carbonyl (C=O) groups excluding carboxylic acids is 1. The topological polar surface area (TPSA) is 29.1 Å². The molecule has 0 aromatic heterocycles. The highest BCUT2D eigenvalue weighted by Crippen LogP contribution is 2.16. The van der Waals surface area contributed by atoms with Crippen molar-refractivity contribution in [2.24, 2.45) is 0 Å². The third-order valence-corrected chi connectivity index (χ3v) is 2.97. The fraction of sp³-hybridized carbons (Fsp3) is 0.0714. The van der Waals surface area contributed by atoms with Gasteiger partial charge in [0, 0.05) is 16.2 Å². The molecule has 2 aromatic rings. The van der Waals surface area contributed by atoms with Crippen LogP contribution in [0, 0.1) is 11.6 Å². The number of nitrogens with one attached hydrogen (secondary N) is 1. The second kappa shape index (κ2) is 5.93. The minimum atomic E-state index is -0.718. The summed E-state index contributed by atoms with van der Waals surface area (Å²) < 4.78 is 26.9. The quantitative estimate of drug-likeness (QED) is 0.910. The molecule has 98 valence electrons. The van der Waals surface area contributed by atoms with Crippen molar-refractivity contribution in [2.75, 3.05) is 5.32 Å². The van der Waals surface area contributed by atoms with Crippen molar-refractivity contribution in [3.63, 3.8) is 0 Å². The molecule has 0 aliphatic heterocycles. The summed E-state index contributed by atoms with van der Waals surface area (Å²) in [5.41, 5.74) is 0.774. The van der Waals surface area contributed by atoms with Crippen molar-refractivity contribution < 1.29 is 13.6 Å². The summed E-state index contributed by atoms with van der Waals surface area (Å²) >= 11 is 3.29. The minimum Gasteiger partial charge on any atom is -0.326 e. The molecule has 2 rings (SSSR count). The van der Waals surface area contributed by atoms with Crippen LogP contribution in [0.4, 0.5) is 14.5 Å². The van der Waals surface area contributed by atoms with E-state index >= 15 is 0 Å². The highest BCUT2D eigenvalue weighted by molar-refractivity contribution is 9.10. The Kier molecular flexibility index (Phi) is 4.27. The molecule has 0 fully saturated rings. The molecule has 0 spiro atoms. The number of carbonyl (C=O) groups is 1. The lowest BCUT2D eigenvalue weighted by Gasteiger charge is -2.06. The van der Waals surface area contributed by atoms with Crippen LogP contribution in [0.3, 0.4) is 0 Å². The molecule has 0 bridgehead atoms. The van der Waals surface area contributed by atoms with E-state index < -0.39 is 11.6 Å². The first-order valence-electron chi connectivity index (χ1n) is 5.54. The standard InChI is InChI=1S/C14H10BrF2NO/c15-10-2-1-3-12(7-10)18-14(19)6-9-4-5-11(16)8-13(9)17/h1-5,7-8H,6H2,(H,18,19). The fourth-order valence-electron chi connectivity index (χ4n) is 1.61. The van der Waals surface area contributed by atoms with Gasteiger partial charge in [0.05, 0.1) is 6.42 Å². The van der Waals surface area contributed by atoms with Crippen LogP contribution in [-0.4, -0.2) is 5.91 Å². The van der Waals surface area contributed by atoms with Gasteiger partial charge in [-0.2, -0.15) is 0 Å². The molecular formula is C14H10BrF2NO. The van der Waals surface area contributed by atoms with Gasteiger partial charge in [-0.15, -0.1) is 0 Å². The number of hydrogen-bond acceptors (Lipinski definition) is 1. The number of hydrogen-bond donors (Lipinski definition) is 1. The zero-order valence-electron chi connectivity index (χ0n) is 9.79. The van der Waals surface area contributed by atoms with Crippen molar-refractivity contribution >= 4 is 27.5 Å². The Hall–Kier alpha value is -1.75. The van der Waals surface area contributed by atoms with Gasteiger partial charge >= 0.3 is 0 Å². The number of anilines is 1. The van der Waals surface area contributed by atoms with E-state index in [2.05, 4.69) is 21.2 Å². The van der Waals surface area contributed by atoms with Crippen LogP contribution in [0.2, 0.25) is 0 Å². The smallest absolute Gasteiger partial charge is 0.228 e. The molecule has 0 atom stereocenters. The molecule has 1 amide bonds. The van der Waals surface area contributed by atoms with Gasteiger partial charge in [0.15, 0.2) is 0 Å². The molecule has 0 heterocycles. The monoisotopic (exact) mass is 325 g/mol. The number of benzene rings is 2. The number of amides is 1. The molecule has 0 aliphatic rings.